The normalized spacial score (nSPS) is 19.7. The van der Waals surface area contributed by atoms with Crippen molar-refractivity contribution in [2.75, 3.05) is 26.2 Å². The number of aromatic nitrogens is 1. The number of likely N-dealkylation sites (tertiary alicyclic amines) is 2. The fourth-order valence-electron chi connectivity index (χ4n) is 4.61. The average molecular weight is 371 g/mol. The largest absolute Gasteiger partial charge is 0.417 e. The van der Waals surface area contributed by atoms with Gasteiger partial charge in [-0.1, -0.05) is 12.5 Å². The third kappa shape index (κ3) is 4.10. The lowest BCUT2D eigenvalue weighted by Gasteiger charge is -2.40. The third-order valence-corrected chi connectivity index (χ3v) is 6.14. The zero-order chi connectivity index (χ0) is 18.8. The van der Waals surface area contributed by atoms with Gasteiger partial charge in [0.2, 0.25) is 5.91 Å². The Kier molecular flexibility index (Phi) is 5.34. The number of carbonyl (C=O) groups is 1. The molecule has 2 aliphatic heterocycles. The van der Waals surface area contributed by atoms with Gasteiger partial charge in [-0.05, 0) is 69.3 Å². The van der Waals surface area contributed by atoms with Gasteiger partial charge in [-0.3, -0.25) is 9.78 Å². The summed E-state index contributed by atoms with van der Waals surface area (Å²) in [6, 6.07) is 4.57. The molecule has 0 unspecified atom stereocenters. The lowest BCUT2D eigenvalue weighted by Crippen LogP contribution is -2.48. The molecular formula is C21H29N3O3. The van der Waals surface area contributed by atoms with Crippen molar-refractivity contribution >= 4 is 17.0 Å². The van der Waals surface area contributed by atoms with Crippen LogP contribution in [0.3, 0.4) is 0 Å². The molecular weight excluding hydrogens is 342 g/mol. The van der Waals surface area contributed by atoms with E-state index in [1.165, 1.54) is 32.4 Å². The molecule has 1 aromatic carbocycles. The summed E-state index contributed by atoms with van der Waals surface area (Å²) in [4.78, 5) is 31.4. The molecule has 27 heavy (non-hydrogen) atoms. The molecule has 2 aromatic rings. The minimum Gasteiger partial charge on any atom is -0.408 e. The Bertz CT molecular complexity index is 855. The minimum atomic E-state index is -0.432. The summed E-state index contributed by atoms with van der Waals surface area (Å²) in [5.41, 5.74) is 3.34. The van der Waals surface area contributed by atoms with Crippen LogP contribution in [0.4, 0.5) is 0 Å². The fourth-order valence-corrected chi connectivity index (χ4v) is 4.61. The minimum absolute atomic E-state index is 0.236. The number of hydrogen-bond donors (Lipinski definition) is 1. The van der Waals surface area contributed by atoms with Crippen LogP contribution in [0.25, 0.3) is 11.1 Å². The number of amides is 1. The summed E-state index contributed by atoms with van der Waals surface area (Å²) in [5, 5.41) is 0. The number of benzene rings is 1. The standard InChI is InChI=1S/C21H29N3O3/c1-15-13-16(14-18-20(15)22-21(26)27-18)5-6-19(25)24-11-7-17(8-12-24)23-9-3-2-4-10-23/h13-14,17H,2-12H2,1H3,(H,22,26). The SMILES string of the molecule is Cc1cc(CCC(=O)N2CCC(N3CCCCC3)CC2)cc2oc(=O)[nH]c12. The van der Waals surface area contributed by atoms with Gasteiger partial charge in [0.1, 0.15) is 0 Å². The third-order valence-electron chi connectivity index (χ3n) is 6.14. The monoisotopic (exact) mass is 371 g/mol. The van der Waals surface area contributed by atoms with E-state index in [0.717, 1.165) is 42.6 Å². The molecule has 0 bridgehead atoms. The molecule has 1 aromatic heterocycles. The Hall–Kier alpha value is -2.08. The average Bonchev–Trinajstić information content (AvgIpc) is 3.08. The van der Waals surface area contributed by atoms with Crippen LogP contribution in [-0.4, -0.2) is 52.9 Å². The van der Waals surface area contributed by atoms with Gasteiger partial charge in [-0.15, -0.1) is 0 Å². The number of piperidine rings is 2. The number of H-pyrrole nitrogens is 1. The molecule has 6 nitrogen and oxygen atoms in total. The van der Waals surface area contributed by atoms with Gasteiger partial charge >= 0.3 is 5.76 Å². The van der Waals surface area contributed by atoms with Crippen molar-refractivity contribution in [3.05, 3.63) is 33.8 Å². The summed E-state index contributed by atoms with van der Waals surface area (Å²) in [5.74, 6) is -0.196. The van der Waals surface area contributed by atoms with Gasteiger partial charge in [0, 0.05) is 25.6 Å². The van der Waals surface area contributed by atoms with Crippen molar-refractivity contribution in [2.45, 2.75) is 57.9 Å². The van der Waals surface area contributed by atoms with E-state index in [1.54, 1.807) is 0 Å². The Morgan fingerprint density at radius 3 is 2.63 bits per heavy atom. The predicted molar refractivity (Wildman–Crippen MR) is 105 cm³/mol. The first-order valence-corrected chi connectivity index (χ1v) is 10.2. The van der Waals surface area contributed by atoms with Crippen molar-refractivity contribution in [1.29, 1.82) is 0 Å². The highest BCUT2D eigenvalue weighted by Crippen LogP contribution is 2.22. The first kappa shape index (κ1) is 18.3. The van der Waals surface area contributed by atoms with Crippen LogP contribution < -0.4 is 5.76 Å². The summed E-state index contributed by atoms with van der Waals surface area (Å²) in [6.45, 7) is 6.17. The molecule has 6 heteroatoms. The van der Waals surface area contributed by atoms with Crippen LogP contribution in [0.2, 0.25) is 0 Å². The number of oxazole rings is 1. The Labute approximate surface area is 159 Å². The van der Waals surface area contributed by atoms with Gasteiger partial charge in [0.15, 0.2) is 5.58 Å². The van der Waals surface area contributed by atoms with Crippen molar-refractivity contribution in [1.82, 2.24) is 14.8 Å². The second-order valence-electron chi connectivity index (χ2n) is 8.01. The van der Waals surface area contributed by atoms with Crippen LogP contribution in [0, 0.1) is 6.92 Å². The summed E-state index contributed by atoms with van der Waals surface area (Å²) >= 11 is 0. The van der Waals surface area contributed by atoms with Crippen molar-refractivity contribution < 1.29 is 9.21 Å². The van der Waals surface area contributed by atoms with E-state index in [9.17, 15) is 9.59 Å². The molecule has 2 fully saturated rings. The second-order valence-corrected chi connectivity index (χ2v) is 8.01. The fraction of sp³-hybridized carbons (Fsp3) is 0.619. The highest BCUT2D eigenvalue weighted by molar-refractivity contribution is 5.78. The van der Waals surface area contributed by atoms with E-state index in [2.05, 4.69) is 9.88 Å². The maximum absolute atomic E-state index is 12.6. The molecule has 1 amide bonds. The van der Waals surface area contributed by atoms with Crippen molar-refractivity contribution in [3.63, 3.8) is 0 Å². The van der Waals surface area contributed by atoms with E-state index < -0.39 is 5.76 Å². The Balaban J connectivity index is 1.30. The quantitative estimate of drug-likeness (QED) is 0.897. The van der Waals surface area contributed by atoms with E-state index in [-0.39, 0.29) is 5.91 Å². The van der Waals surface area contributed by atoms with Gasteiger partial charge in [0.25, 0.3) is 0 Å². The molecule has 4 rings (SSSR count). The lowest BCUT2D eigenvalue weighted by atomic mass is 9.99. The Morgan fingerprint density at radius 2 is 1.89 bits per heavy atom. The van der Waals surface area contributed by atoms with E-state index in [4.69, 9.17) is 4.42 Å². The first-order valence-electron chi connectivity index (χ1n) is 10.2. The molecule has 3 heterocycles. The summed E-state index contributed by atoms with van der Waals surface area (Å²) in [6.07, 6.45) is 7.40. The second kappa shape index (κ2) is 7.89. The molecule has 0 atom stereocenters. The number of nitrogens with one attached hydrogen (secondary N) is 1. The Morgan fingerprint density at radius 1 is 1.15 bits per heavy atom. The van der Waals surface area contributed by atoms with Crippen molar-refractivity contribution in [2.24, 2.45) is 0 Å². The maximum atomic E-state index is 12.6. The molecule has 2 aliphatic rings. The van der Waals surface area contributed by atoms with Gasteiger partial charge in [0.05, 0.1) is 5.52 Å². The number of carbonyl (C=O) groups excluding carboxylic acids is 1. The highest BCUT2D eigenvalue weighted by Gasteiger charge is 2.27. The first-order chi connectivity index (χ1) is 13.1. The highest BCUT2D eigenvalue weighted by atomic mass is 16.4. The van der Waals surface area contributed by atoms with Crippen LogP contribution >= 0.6 is 0 Å². The van der Waals surface area contributed by atoms with Crippen LogP contribution in [0.15, 0.2) is 21.3 Å². The maximum Gasteiger partial charge on any atom is 0.417 e. The number of nitrogens with zero attached hydrogens (tertiary/aromatic N) is 2. The number of hydrogen-bond acceptors (Lipinski definition) is 4. The van der Waals surface area contributed by atoms with Gasteiger partial charge < -0.3 is 14.2 Å². The van der Waals surface area contributed by atoms with E-state index in [0.29, 0.717) is 24.5 Å². The molecule has 2 saturated heterocycles. The number of fused-ring (bicyclic) bond motifs is 1. The smallest absolute Gasteiger partial charge is 0.408 e. The van der Waals surface area contributed by atoms with Crippen molar-refractivity contribution in [3.8, 4) is 0 Å². The van der Waals surface area contributed by atoms with Gasteiger partial charge in [-0.2, -0.15) is 0 Å². The molecule has 0 aliphatic carbocycles. The summed E-state index contributed by atoms with van der Waals surface area (Å²) < 4.78 is 5.17. The van der Waals surface area contributed by atoms with Crippen LogP contribution in [0.1, 0.15) is 49.7 Å². The molecule has 0 radical (unpaired) electrons. The van der Waals surface area contributed by atoms with E-state index >= 15 is 0 Å². The van der Waals surface area contributed by atoms with Crippen LogP contribution in [0.5, 0.6) is 0 Å². The predicted octanol–water partition coefficient (Wildman–Crippen LogP) is 2.84. The van der Waals surface area contributed by atoms with Crippen LogP contribution in [-0.2, 0) is 11.2 Å². The molecule has 146 valence electrons. The molecule has 1 N–H and O–H groups in total. The summed E-state index contributed by atoms with van der Waals surface area (Å²) in [7, 11) is 0. The number of aryl methyl sites for hydroxylation is 2. The van der Waals surface area contributed by atoms with Gasteiger partial charge in [-0.25, -0.2) is 4.79 Å². The zero-order valence-corrected chi connectivity index (χ0v) is 16.1. The number of rotatable bonds is 4. The molecule has 0 saturated carbocycles. The van der Waals surface area contributed by atoms with E-state index in [1.807, 2.05) is 24.0 Å². The zero-order valence-electron chi connectivity index (χ0n) is 16.1. The molecule has 0 spiro atoms. The lowest BCUT2D eigenvalue weighted by molar-refractivity contribution is -0.132. The number of aromatic amines is 1. The topological polar surface area (TPSA) is 69.6 Å².